The minimum absolute atomic E-state index is 0.378. The van der Waals surface area contributed by atoms with E-state index in [-0.39, 0.29) is 0 Å². The molecule has 1 aliphatic carbocycles. The van der Waals surface area contributed by atoms with E-state index >= 15 is 0 Å². The Morgan fingerprint density at radius 1 is 1.36 bits per heavy atom. The second kappa shape index (κ2) is 6.14. The number of aromatic nitrogens is 3. The summed E-state index contributed by atoms with van der Waals surface area (Å²) < 4.78 is 5.46. The summed E-state index contributed by atoms with van der Waals surface area (Å²) in [5.74, 6) is 1.89. The Hall–Kier alpha value is -2.42. The maximum absolute atomic E-state index is 9.17. The van der Waals surface area contributed by atoms with Gasteiger partial charge in [0.25, 0.3) is 0 Å². The second-order valence-electron chi connectivity index (χ2n) is 5.92. The van der Waals surface area contributed by atoms with Crippen molar-refractivity contribution in [3.05, 3.63) is 35.3 Å². The molecule has 1 fully saturated rings. The summed E-state index contributed by atoms with van der Waals surface area (Å²) in [5, 5.41) is 20.6. The van der Waals surface area contributed by atoms with E-state index in [0.717, 1.165) is 43.0 Å². The average Bonchev–Trinajstić information content (AvgIpc) is 3.09. The lowest BCUT2D eigenvalue weighted by Crippen LogP contribution is -2.17. The molecule has 0 saturated heterocycles. The highest BCUT2D eigenvalue weighted by molar-refractivity contribution is 5.57. The first kappa shape index (κ1) is 14.5. The summed E-state index contributed by atoms with van der Waals surface area (Å²) in [6.07, 6.45) is 5.73. The topological polar surface area (TPSA) is 87.6 Å². The van der Waals surface area contributed by atoms with E-state index < -0.39 is 0 Å². The van der Waals surface area contributed by atoms with Crippen LogP contribution in [0.4, 0.5) is 5.69 Å². The second-order valence-corrected chi connectivity index (χ2v) is 5.92. The molecule has 0 radical (unpaired) electrons. The first-order chi connectivity index (χ1) is 10.6. The van der Waals surface area contributed by atoms with Crippen molar-refractivity contribution in [1.82, 2.24) is 15.2 Å². The first-order valence-corrected chi connectivity index (χ1v) is 7.56. The van der Waals surface area contributed by atoms with Crippen molar-refractivity contribution >= 4 is 5.69 Å². The SMILES string of the molecule is Cc1cc(N[C@H]2CC[C@@H](Cc3nnc(C)o3)C2)c(C#N)cn1. The van der Waals surface area contributed by atoms with Gasteiger partial charge in [0.2, 0.25) is 11.8 Å². The minimum atomic E-state index is 0.378. The van der Waals surface area contributed by atoms with Gasteiger partial charge in [-0.15, -0.1) is 10.2 Å². The van der Waals surface area contributed by atoms with Gasteiger partial charge >= 0.3 is 0 Å². The number of nitriles is 1. The molecule has 0 aliphatic heterocycles. The van der Waals surface area contributed by atoms with E-state index in [1.165, 1.54) is 0 Å². The molecular weight excluding hydrogens is 278 g/mol. The number of hydrogen-bond acceptors (Lipinski definition) is 6. The lowest BCUT2D eigenvalue weighted by Gasteiger charge is -2.15. The van der Waals surface area contributed by atoms with Gasteiger partial charge in [-0.2, -0.15) is 5.26 Å². The third-order valence-corrected chi connectivity index (χ3v) is 4.09. The molecule has 2 atom stereocenters. The zero-order chi connectivity index (χ0) is 15.5. The van der Waals surface area contributed by atoms with Crippen LogP contribution in [0.15, 0.2) is 16.7 Å². The molecule has 0 aromatic carbocycles. The molecule has 6 heteroatoms. The molecule has 2 aromatic rings. The van der Waals surface area contributed by atoms with E-state index in [4.69, 9.17) is 4.42 Å². The normalized spacial score (nSPS) is 20.8. The van der Waals surface area contributed by atoms with E-state index in [1.54, 1.807) is 6.20 Å². The summed E-state index contributed by atoms with van der Waals surface area (Å²) in [6, 6.07) is 4.51. The fraction of sp³-hybridized carbons (Fsp3) is 0.500. The number of aryl methyl sites for hydroxylation is 2. The third kappa shape index (κ3) is 3.25. The van der Waals surface area contributed by atoms with Crippen LogP contribution in [0, 0.1) is 31.1 Å². The molecule has 1 saturated carbocycles. The van der Waals surface area contributed by atoms with Crippen LogP contribution in [0.25, 0.3) is 0 Å². The quantitative estimate of drug-likeness (QED) is 0.933. The van der Waals surface area contributed by atoms with Crippen molar-refractivity contribution in [1.29, 1.82) is 5.26 Å². The van der Waals surface area contributed by atoms with Crippen molar-refractivity contribution in [2.24, 2.45) is 5.92 Å². The summed E-state index contributed by atoms with van der Waals surface area (Å²) in [5.41, 5.74) is 2.40. The van der Waals surface area contributed by atoms with Gasteiger partial charge < -0.3 is 9.73 Å². The monoisotopic (exact) mass is 297 g/mol. The van der Waals surface area contributed by atoms with Crippen LogP contribution in [-0.4, -0.2) is 21.2 Å². The highest BCUT2D eigenvalue weighted by Crippen LogP contribution is 2.31. The molecule has 0 spiro atoms. The van der Waals surface area contributed by atoms with Gasteiger partial charge in [-0.05, 0) is 38.2 Å². The summed E-state index contributed by atoms with van der Waals surface area (Å²) >= 11 is 0. The number of pyridine rings is 1. The number of anilines is 1. The predicted molar refractivity (Wildman–Crippen MR) is 81.2 cm³/mol. The lowest BCUT2D eigenvalue weighted by molar-refractivity contribution is 0.416. The van der Waals surface area contributed by atoms with Gasteiger partial charge in [-0.3, -0.25) is 4.98 Å². The molecule has 22 heavy (non-hydrogen) atoms. The maximum atomic E-state index is 9.17. The van der Waals surface area contributed by atoms with Crippen molar-refractivity contribution in [3.8, 4) is 6.07 Å². The number of nitrogens with one attached hydrogen (secondary N) is 1. The Balaban J connectivity index is 1.61. The van der Waals surface area contributed by atoms with Gasteiger partial charge in [0.15, 0.2) is 0 Å². The molecule has 0 amide bonds. The fourth-order valence-corrected chi connectivity index (χ4v) is 3.05. The highest BCUT2D eigenvalue weighted by Gasteiger charge is 2.26. The molecule has 0 unspecified atom stereocenters. The Kier molecular flexibility index (Phi) is 4.05. The van der Waals surface area contributed by atoms with Crippen molar-refractivity contribution in [3.63, 3.8) is 0 Å². The van der Waals surface area contributed by atoms with E-state index in [1.807, 2.05) is 19.9 Å². The zero-order valence-corrected chi connectivity index (χ0v) is 12.8. The van der Waals surface area contributed by atoms with E-state index in [2.05, 4.69) is 26.6 Å². The van der Waals surface area contributed by atoms with Crippen molar-refractivity contribution in [2.45, 2.75) is 45.6 Å². The smallest absolute Gasteiger partial charge is 0.216 e. The average molecular weight is 297 g/mol. The molecule has 3 rings (SSSR count). The molecule has 2 heterocycles. The van der Waals surface area contributed by atoms with Gasteiger partial charge in [-0.25, -0.2) is 0 Å². The van der Waals surface area contributed by atoms with Gasteiger partial charge in [0.1, 0.15) is 6.07 Å². The fourth-order valence-electron chi connectivity index (χ4n) is 3.05. The largest absolute Gasteiger partial charge is 0.426 e. The maximum Gasteiger partial charge on any atom is 0.216 e. The predicted octanol–water partition coefficient (Wildman–Crippen LogP) is 2.78. The molecule has 2 aromatic heterocycles. The Bertz CT molecular complexity index is 703. The summed E-state index contributed by atoms with van der Waals surface area (Å²) in [6.45, 7) is 3.74. The summed E-state index contributed by atoms with van der Waals surface area (Å²) in [7, 11) is 0. The number of hydrogen-bond donors (Lipinski definition) is 1. The van der Waals surface area contributed by atoms with Crippen LogP contribution in [0.3, 0.4) is 0 Å². The molecule has 1 aliphatic rings. The zero-order valence-electron chi connectivity index (χ0n) is 12.8. The molecule has 6 nitrogen and oxygen atoms in total. The lowest BCUT2D eigenvalue weighted by atomic mass is 10.0. The highest BCUT2D eigenvalue weighted by atomic mass is 16.4. The summed E-state index contributed by atoms with van der Waals surface area (Å²) in [4.78, 5) is 4.17. The van der Waals surface area contributed by atoms with Crippen LogP contribution in [0.1, 0.15) is 42.3 Å². The molecule has 114 valence electrons. The van der Waals surface area contributed by atoms with Crippen LogP contribution in [0.5, 0.6) is 0 Å². The molecular formula is C16H19N5O. The Morgan fingerprint density at radius 3 is 2.95 bits per heavy atom. The van der Waals surface area contributed by atoms with Crippen LogP contribution in [0.2, 0.25) is 0 Å². The van der Waals surface area contributed by atoms with Crippen LogP contribution in [-0.2, 0) is 6.42 Å². The number of rotatable bonds is 4. The molecule has 1 N–H and O–H groups in total. The minimum Gasteiger partial charge on any atom is -0.426 e. The standard InChI is InChI=1S/C16H19N5O/c1-10-5-15(13(8-17)9-18-10)19-14-4-3-12(6-14)7-16-21-20-11(2)22-16/h5,9,12,14H,3-4,6-7H2,1-2H3,(H,18,19)/t12-,14+/m1/s1. The van der Waals surface area contributed by atoms with E-state index in [9.17, 15) is 5.26 Å². The van der Waals surface area contributed by atoms with Crippen molar-refractivity contribution < 1.29 is 4.42 Å². The van der Waals surface area contributed by atoms with E-state index in [0.29, 0.717) is 23.4 Å². The van der Waals surface area contributed by atoms with Gasteiger partial charge in [0.05, 0.1) is 11.3 Å². The van der Waals surface area contributed by atoms with Crippen LogP contribution >= 0.6 is 0 Å². The third-order valence-electron chi connectivity index (χ3n) is 4.09. The Morgan fingerprint density at radius 2 is 2.23 bits per heavy atom. The van der Waals surface area contributed by atoms with Crippen LogP contribution < -0.4 is 5.32 Å². The number of nitrogens with zero attached hydrogens (tertiary/aromatic N) is 4. The Labute approximate surface area is 129 Å². The molecule has 0 bridgehead atoms. The first-order valence-electron chi connectivity index (χ1n) is 7.56. The van der Waals surface area contributed by atoms with Crippen molar-refractivity contribution in [2.75, 3.05) is 5.32 Å². The van der Waals surface area contributed by atoms with Gasteiger partial charge in [0, 0.05) is 31.3 Å². The van der Waals surface area contributed by atoms with Gasteiger partial charge in [-0.1, -0.05) is 0 Å².